The van der Waals surface area contributed by atoms with Crippen LogP contribution in [-0.4, -0.2) is 47.9 Å². The van der Waals surface area contributed by atoms with Crippen LogP contribution < -0.4 is 4.74 Å². The van der Waals surface area contributed by atoms with Crippen molar-refractivity contribution in [2.45, 2.75) is 64.0 Å². The first-order valence-electron chi connectivity index (χ1n) is 11.9. The Kier molecular flexibility index (Phi) is 6.83. The van der Waals surface area contributed by atoms with E-state index in [0.717, 1.165) is 42.6 Å². The SMILES string of the molecule is CCN(CC)C(=O)C1c2ccccc2C(=O)N(C2CCCCC2)C1c1ccc(OC)cc1. The monoisotopic (exact) mass is 434 g/mol. The molecule has 2 atom stereocenters. The fourth-order valence-electron chi connectivity index (χ4n) is 5.47. The van der Waals surface area contributed by atoms with Crippen LogP contribution in [0.25, 0.3) is 0 Å². The first kappa shape index (κ1) is 22.4. The van der Waals surface area contributed by atoms with Crippen LogP contribution in [-0.2, 0) is 4.79 Å². The van der Waals surface area contributed by atoms with Crippen molar-refractivity contribution in [2.75, 3.05) is 20.2 Å². The van der Waals surface area contributed by atoms with Crippen molar-refractivity contribution in [3.63, 3.8) is 0 Å². The van der Waals surface area contributed by atoms with Gasteiger partial charge in [0, 0.05) is 24.7 Å². The van der Waals surface area contributed by atoms with Crippen molar-refractivity contribution in [1.29, 1.82) is 0 Å². The third-order valence-electron chi connectivity index (χ3n) is 7.14. The number of hydrogen-bond donors (Lipinski definition) is 0. The molecule has 1 heterocycles. The third-order valence-corrected chi connectivity index (χ3v) is 7.14. The van der Waals surface area contributed by atoms with E-state index in [4.69, 9.17) is 4.74 Å². The summed E-state index contributed by atoms with van der Waals surface area (Å²) in [5.74, 6) is 0.500. The maximum Gasteiger partial charge on any atom is 0.254 e. The largest absolute Gasteiger partial charge is 0.497 e. The number of carbonyl (C=O) groups excluding carboxylic acids is 2. The molecule has 0 spiro atoms. The van der Waals surface area contributed by atoms with Crippen molar-refractivity contribution in [3.8, 4) is 5.75 Å². The van der Waals surface area contributed by atoms with Gasteiger partial charge >= 0.3 is 0 Å². The number of nitrogens with zero attached hydrogens (tertiary/aromatic N) is 2. The van der Waals surface area contributed by atoms with Crippen LogP contribution in [0.1, 0.15) is 79.4 Å². The summed E-state index contributed by atoms with van der Waals surface area (Å²) in [5, 5.41) is 0. The molecule has 2 aromatic rings. The lowest BCUT2D eigenvalue weighted by molar-refractivity contribution is -0.134. The molecule has 1 aliphatic carbocycles. The third kappa shape index (κ3) is 4.01. The standard InChI is InChI=1S/C27H34N2O3/c1-4-28(5-2)27(31)24-22-13-9-10-14-23(22)26(30)29(20-11-7-6-8-12-20)25(24)19-15-17-21(32-3)18-16-19/h9-10,13-18,20,24-25H,4-8,11-12H2,1-3H3. The molecule has 170 valence electrons. The number of ether oxygens (including phenoxy) is 1. The molecule has 0 aromatic heterocycles. The van der Waals surface area contributed by atoms with Gasteiger partial charge in [-0.05, 0) is 56.0 Å². The summed E-state index contributed by atoms with van der Waals surface area (Å²) in [6.07, 6.45) is 5.45. The number of carbonyl (C=O) groups is 2. The normalized spacial score (nSPS) is 21.2. The van der Waals surface area contributed by atoms with Gasteiger partial charge in [0.2, 0.25) is 5.91 Å². The van der Waals surface area contributed by atoms with E-state index in [-0.39, 0.29) is 23.9 Å². The summed E-state index contributed by atoms with van der Waals surface area (Å²) in [4.78, 5) is 31.8. The molecule has 2 aromatic carbocycles. The number of benzene rings is 2. The van der Waals surface area contributed by atoms with Crippen LogP contribution in [0, 0.1) is 0 Å². The Balaban J connectivity index is 1.89. The molecular formula is C27H34N2O3. The summed E-state index contributed by atoms with van der Waals surface area (Å²) in [6.45, 7) is 5.34. The van der Waals surface area contributed by atoms with E-state index in [1.54, 1.807) is 7.11 Å². The lowest BCUT2D eigenvalue weighted by Crippen LogP contribution is -2.52. The Morgan fingerprint density at radius 1 is 1.00 bits per heavy atom. The van der Waals surface area contributed by atoms with E-state index in [1.807, 2.05) is 67.3 Å². The van der Waals surface area contributed by atoms with E-state index in [0.29, 0.717) is 18.7 Å². The van der Waals surface area contributed by atoms with E-state index in [1.165, 1.54) is 6.42 Å². The number of fused-ring (bicyclic) bond motifs is 1. The molecule has 1 aliphatic heterocycles. The van der Waals surface area contributed by atoms with Crippen LogP contribution in [0.4, 0.5) is 0 Å². The Morgan fingerprint density at radius 2 is 1.66 bits per heavy atom. The molecule has 1 saturated carbocycles. The summed E-state index contributed by atoms with van der Waals surface area (Å²) < 4.78 is 5.37. The Labute approximate surface area is 191 Å². The molecule has 5 nitrogen and oxygen atoms in total. The molecule has 0 radical (unpaired) electrons. The molecule has 5 heteroatoms. The number of likely N-dealkylation sites (N-methyl/N-ethyl adjacent to an activating group) is 1. The minimum Gasteiger partial charge on any atom is -0.497 e. The van der Waals surface area contributed by atoms with Gasteiger partial charge in [-0.15, -0.1) is 0 Å². The van der Waals surface area contributed by atoms with Crippen molar-refractivity contribution in [2.24, 2.45) is 0 Å². The van der Waals surface area contributed by atoms with Crippen LogP contribution >= 0.6 is 0 Å². The van der Waals surface area contributed by atoms with Gasteiger partial charge in [0.1, 0.15) is 5.75 Å². The Hall–Kier alpha value is -2.82. The van der Waals surface area contributed by atoms with Crippen LogP contribution in [0.15, 0.2) is 48.5 Å². The first-order chi connectivity index (χ1) is 15.6. The van der Waals surface area contributed by atoms with E-state index in [9.17, 15) is 9.59 Å². The lowest BCUT2D eigenvalue weighted by atomic mass is 9.77. The van der Waals surface area contributed by atoms with Gasteiger partial charge in [0.15, 0.2) is 0 Å². The number of methoxy groups -OCH3 is 1. The minimum absolute atomic E-state index is 0.0527. The zero-order valence-corrected chi connectivity index (χ0v) is 19.4. The highest BCUT2D eigenvalue weighted by atomic mass is 16.5. The molecule has 2 amide bonds. The maximum atomic E-state index is 13.9. The quantitative estimate of drug-likeness (QED) is 0.630. The average Bonchev–Trinajstić information content (AvgIpc) is 2.85. The van der Waals surface area contributed by atoms with Gasteiger partial charge < -0.3 is 14.5 Å². The summed E-state index contributed by atoms with van der Waals surface area (Å²) >= 11 is 0. The van der Waals surface area contributed by atoms with Crippen LogP contribution in [0.5, 0.6) is 5.75 Å². The number of hydrogen-bond acceptors (Lipinski definition) is 3. The molecule has 32 heavy (non-hydrogen) atoms. The average molecular weight is 435 g/mol. The summed E-state index contributed by atoms with van der Waals surface area (Å²) in [5.41, 5.74) is 2.51. The van der Waals surface area contributed by atoms with Gasteiger partial charge in [-0.3, -0.25) is 9.59 Å². The summed E-state index contributed by atoms with van der Waals surface area (Å²) in [6, 6.07) is 15.4. The maximum absolute atomic E-state index is 13.9. The van der Waals surface area contributed by atoms with Crippen LogP contribution in [0.3, 0.4) is 0 Å². The van der Waals surface area contributed by atoms with Crippen molar-refractivity contribution in [3.05, 3.63) is 65.2 Å². The zero-order valence-electron chi connectivity index (χ0n) is 19.4. The van der Waals surface area contributed by atoms with E-state index < -0.39 is 5.92 Å². The van der Waals surface area contributed by atoms with Gasteiger partial charge in [0.05, 0.1) is 19.1 Å². The first-order valence-corrected chi connectivity index (χ1v) is 11.9. The smallest absolute Gasteiger partial charge is 0.254 e. The van der Waals surface area contributed by atoms with Gasteiger partial charge in [-0.1, -0.05) is 49.6 Å². The van der Waals surface area contributed by atoms with Gasteiger partial charge in [-0.2, -0.15) is 0 Å². The molecule has 2 unspecified atom stereocenters. The highest BCUT2D eigenvalue weighted by Crippen LogP contribution is 2.46. The topological polar surface area (TPSA) is 49.9 Å². The Bertz CT molecular complexity index is 946. The predicted molar refractivity (Wildman–Crippen MR) is 126 cm³/mol. The minimum atomic E-state index is -0.417. The Morgan fingerprint density at radius 3 is 2.28 bits per heavy atom. The molecule has 0 bridgehead atoms. The van der Waals surface area contributed by atoms with Crippen molar-refractivity contribution >= 4 is 11.8 Å². The molecular weight excluding hydrogens is 400 g/mol. The molecule has 4 rings (SSSR count). The predicted octanol–water partition coefficient (Wildman–Crippen LogP) is 5.18. The second-order valence-electron chi connectivity index (χ2n) is 8.80. The molecule has 1 fully saturated rings. The zero-order chi connectivity index (χ0) is 22.7. The fourth-order valence-corrected chi connectivity index (χ4v) is 5.47. The second-order valence-corrected chi connectivity index (χ2v) is 8.80. The van der Waals surface area contributed by atoms with E-state index in [2.05, 4.69) is 4.90 Å². The number of amides is 2. The van der Waals surface area contributed by atoms with Crippen molar-refractivity contribution in [1.82, 2.24) is 9.80 Å². The van der Waals surface area contributed by atoms with Gasteiger partial charge in [-0.25, -0.2) is 0 Å². The van der Waals surface area contributed by atoms with Crippen molar-refractivity contribution < 1.29 is 14.3 Å². The lowest BCUT2D eigenvalue weighted by Gasteiger charge is -2.47. The highest BCUT2D eigenvalue weighted by Gasteiger charge is 2.47. The molecule has 0 N–H and O–H groups in total. The number of rotatable bonds is 6. The molecule has 2 aliphatic rings. The fraction of sp³-hybridized carbons (Fsp3) is 0.481. The van der Waals surface area contributed by atoms with Crippen LogP contribution in [0.2, 0.25) is 0 Å². The highest BCUT2D eigenvalue weighted by molar-refractivity contribution is 6.01. The van der Waals surface area contributed by atoms with Gasteiger partial charge in [0.25, 0.3) is 5.91 Å². The molecule has 0 saturated heterocycles. The van der Waals surface area contributed by atoms with E-state index >= 15 is 0 Å². The summed E-state index contributed by atoms with van der Waals surface area (Å²) in [7, 11) is 1.65. The second kappa shape index (κ2) is 9.76.